The van der Waals surface area contributed by atoms with E-state index in [0.29, 0.717) is 5.69 Å². The summed E-state index contributed by atoms with van der Waals surface area (Å²) in [4.78, 5) is 21.5. The van der Waals surface area contributed by atoms with Gasteiger partial charge in [-0.05, 0) is 25.1 Å². The Bertz CT molecular complexity index is 400. The van der Waals surface area contributed by atoms with Crippen LogP contribution in [0.2, 0.25) is 0 Å². The van der Waals surface area contributed by atoms with Gasteiger partial charge >= 0.3 is 5.97 Å². The minimum atomic E-state index is -1.10. The van der Waals surface area contributed by atoms with E-state index in [-0.39, 0.29) is 17.1 Å². The van der Waals surface area contributed by atoms with Gasteiger partial charge in [0.1, 0.15) is 5.75 Å². The minimum Gasteiger partial charge on any atom is -0.481 e. The van der Waals surface area contributed by atoms with Crippen molar-refractivity contribution < 1.29 is 19.4 Å². The average molecular weight is 209 g/mol. The summed E-state index contributed by atoms with van der Waals surface area (Å²) in [6.45, 7) is 0.882. The molecule has 0 fully saturated rings. The number of ether oxygens (including phenoxy) is 1. The third-order valence-electron chi connectivity index (χ3n) is 1.73. The Morgan fingerprint density at radius 2 is 2.13 bits per heavy atom. The molecule has 0 aromatic heterocycles. The van der Waals surface area contributed by atoms with Gasteiger partial charge in [-0.3, -0.25) is 4.79 Å². The van der Waals surface area contributed by atoms with Crippen molar-refractivity contribution in [1.29, 1.82) is 0 Å². The molecule has 0 aliphatic rings. The van der Waals surface area contributed by atoms with E-state index in [1.54, 1.807) is 6.07 Å². The predicted octanol–water partition coefficient (Wildman–Crippen LogP) is 0.935. The van der Waals surface area contributed by atoms with E-state index in [1.807, 2.05) is 0 Å². The largest absolute Gasteiger partial charge is 0.481 e. The number of Topliss-reactive ketones (excluding diaryl/α,β-unsaturated/α-hetero) is 1. The van der Waals surface area contributed by atoms with Crippen molar-refractivity contribution in [2.24, 2.45) is 0 Å². The van der Waals surface area contributed by atoms with Crippen LogP contribution in [-0.4, -0.2) is 23.5 Å². The molecule has 0 spiro atoms. The van der Waals surface area contributed by atoms with Crippen molar-refractivity contribution >= 4 is 17.4 Å². The molecule has 80 valence electrons. The Labute approximate surface area is 86.5 Å². The zero-order valence-electron chi connectivity index (χ0n) is 8.19. The molecule has 0 heterocycles. The maximum absolute atomic E-state index is 11.2. The van der Waals surface area contributed by atoms with Crippen LogP contribution < -0.4 is 10.5 Å². The van der Waals surface area contributed by atoms with Crippen molar-refractivity contribution in [2.45, 2.75) is 6.92 Å². The molecular formula is C10H11NO4. The van der Waals surface area contributed by atoms with Gasteiger partial charge in [-0.25, -0.2) is 4.79 Å². The molecule has 15 heavy (non-hydrogen) atoms. The van der Waals surface area contributed by atoms with Crippen LogP contribution in [0.3, 0.4) is 0 Å². The number of nitrogens with two attached hydrogens (primary N) is 1. The van der Waals surface area contributed by atoms with E-state index in [0.717, 1.165) is 0 Å². The van der Waals surface area contributed by atoms with Gasteiger partial charge in [0.05, 0.1) is 5.56 Å². The van der Waals surface area contributed by atoms with E-state index in [4.69, 9.17) is 15.6 Å². The zero-order chi connectivity index (χ0) is 11.4. The van der Waals surface area contributed by atoms with Gasteiger partial charge in [0.2, 0.25) is 0 Å². The topological polar surface area (TPSA) is 89.6 Å². The lowest BCUT2D eigenvalue weighted by molar-refractivity contribution is -0.139. The third-order valence-corrected chi connectivity index (χ3v) is 1.73. The number of nitrogen functional groups attached to an aromatic ring is 1. The number of ketones is 1. The third kappa shape index (κ3) is 2.98. The summed E-state index contributed by atoms with van der Waals surface area (Å²) < 4.78 is 4.94. The zero-order valence-corrected chi connectivity index (χ0v) is 8.19. The number of rotatable bonds is 4. The number of hydrogen-bond acceptors (Lipinski definition) is 4. The Morgan fingerprint density at radius 3 is 2.67 bits per heavy atom. The second-order valence-corrected chi connectivity index (χ2v) is 2.99. The van der Waals surface area contributed by atoms with E-state index in [2.05, 4.69) is 0 Å². The first-order valence-electron chi connectivity index (χ1n) is 4.25. The fourth-order valence-corrected chi connectivity index (χ4v) is 1.09. The monoisotopic (exact) mass is 209 g/mol. The number of anilines is 1. The Hall–Kier alpha value is -2.04. The van der Waals surface area contributed by atoms with Crippen LogP contribution in [-0.2, 0) is 4.79 Å². The highest BCUT2D eigenvalue weighted by Crippen LogP contribution is 2.21. The highest BCUT2D eigenvalue weighted by atomic mass is 16.5. The van der Waals surface area contributed by atoms with Gasteiger partial charge in [-0.1, -0.05) is 0 Å². The smallest absolute Gasteiger partial charge is 0.341 e. The number of carbonyl (C=O) groups is 2. The fourth-order valence-electron chi connectivity index (χ4n) is 1.09. The maximum atomic E-state index is 11.2. The number of benzene rings is 1. The molecule has 0 amide bonds. The highest BCUT2D eigenvalue weighted by molar-refractivity contribution is 5.97. The van der Waals surface area contributed by atoms with Crippen molar-refractivity contribution in [3.63, 3.8) is 0 Å². The Morgan fingerprint density at radius 1 is 1.47 bits per heavy atom. The van der Waals surface area contributed by atoms with E-state index < -0.39 is 12.6 Å². The molecule has 1 rings (SSSR count). The predicted molar refractivity (Wildman–Crippen MR) is 54.0 cm³/mol. The number of carboxylic acids is 1. The summed E-state index contributed by atoms with van der Waals surface area (Å²) >= 11 is 0. The number of aliphatic carboxylic acids is 1. The van der Waals surface area contributed by atoms with Crippen molar-refractivity contribution in [1.82, 2.24) is 0 Å². The molecule has 0 aliphatic heterocycles. The molecule has 0 saturated carbocycles. The lowest BCUT2D eigenvalue weighted by Crippen LogP contribution is -2.11. The summed E-state index contributed by atoms with van der Waals surface area (Å²) in [5, 5.41) is 8.42. The van der Waals surface area contributed by atoms with Crippen LogP contribution in [0.4, 0.5) is 5.69 Å². The SMILES string of the molecule is CC(=O)c1cc(N)ccc1OCC(=O)O. The first-order chi connectivity index (χ1) is 7.00. The fraction of sp³-hybridized carbons (Fsp3) is 0.200. The summed E-state index contributed by atoms with van der Waals surface area (Å²) in [6.07, 6.45) is 0. The van der Waals surface area contributed by atoms with Gasteiger partial charge in [0, 0.05) is 5.69 Å². The Kier molecular flexibility index (Phi) is 3.28. The highest BCUT2D eigenvalue weighted by Gasteiger charge is 2.10. The summed E-state index contributed by atoms with van der Waals surface area (Å²) in [6, 6.07) is 4.48. The summed E-state index contributed by atoms with van der Waals surface area (Å²) in [5.74, 6) is -1.08. The lowest BCUT2D eigenvalue weighted by atomic mass is 10.1. The van der Waals surface area contributed by atoms with Crippen LogP contribution >= 0.6 is 0 Å². The van der Waals surface area contributed by atoms with Crippen molar-refractivity contribution in [2.75, 3.05) is 12.3 Å². The molecule has 0 aliphatic carbocycles. The van der Waals surface area contributed by atoms with Crippen molar-refractivity contribution in [3.8, 4) is 5.75 Å². The molecule has 5 heteroatoms. The van der Waals surface area contributed by atoms with Gasteiger partial charge in [-0.15, -0.1) is 0 Å². The lowest BCUT2D eigenvalue weighted by Gasteiger charge is -2.08. The number of carbonyl (C=O) groups excluding carboxylic acids is 1. The number of carboxylic acid groups (broad SMARTS) is 1. The van der Waals surface area contributed by atoms with Gasteiger partial charge in [-0.2, -0.15) is 0 Å². The van der Waals surface area contributed by atoms with Gasteiger partial charge in [0.25, 0.3) is 0 Å². The summed E-state index contributed by atoms with van der Waals surface area (Å²) in [7, 11) is 0. The average Bonchev–Trinajstić information content (AvgIpc) is 2.15. The molecule has 0 unspecified atom stereocenters. The molecule has 1 aromatic carbocycles. The maximum Gasteiger partial charge on any atom is 0.341 e. The molecular weight excluding hydrogens is 198 g/mol. The van der Waals surface area contributed by atoms with Crippen LogP contribution in [0, 0.1) is 0 Å². The van der Waals surface area contributed by atoms with E-state index >= 15 is 0 Å². The first-order valence-corrected chi connectivity index (χ1v) is 4.25. The van der Waals surface area contributed by atoms with Gasteiger partial charge in [0.15, 0.2) is 12.4 Å². The molecule has 0 radical (unpaired) electrons. The molecule has 1 aromatic rings. The van der Waals surface area contributed by atoms with E-state index in [9.17, 15) is 9.59 Å². The normalized spacial score (nSPS) is 9.67. The van der Waals surface area contributed by atoms with Gasteiger partial charge < -0.3 is 15.6 Å². The molecule has 0 atom stereocenters. The number of hydrogen-bond donors (Lipinski definition) is 2. The molecule has 5 nitrogen and oxygen atoms in total. The molecule has 0 saturated heterocycles. The van der Waals surface area contributed by atoms with Crippen molar-refractivity contribution in [3.05, 3.63) is 23.8 Å². The quantitative estimate of drug-likeness (QED) is 0.568. The summed E-state index contributed by atoms with van der Waals surface area (Å²) in [5.41, 5.74) is 6.22. The second kappa shape index (κ2) is 4.45. The Balaban J connectivity index is 2.95. The molecule has 0 bridgehead atoms. The van der Waals surface area contributed by atoms with Crippen LogP contribution in [0.15, 0.2) is 18.2 Å². The van der Waals surface area contributed by atoms with Crippen LogP contribution in [0.5, 0.6) is 5.75 Å². The molecule has 3 N–H and O–H groups in total. The van der Waals surface area contributed by atoms with Crippen LogP contribution in [0.1, 0.15) is 17.3 Å². The minimum absolute atomic E-state index is 0.220. The van der Waals surface area contributed by atoms with E-state index in [1.165, 1.54) is 19.1 Å². The standard InChI is InChI=1S/C10H11NO4/c1-6(12)8-4-7(11)2-3-9(8)15-5-10(13)14/h2-4H,5,11H2,1H3,(H,13,14). The first kappa shape index (κ1) is 11.0. The second-order valence-electron chi connectivity index (χ2n) is 2.99. The van der Waals surface area contributed by atoms with Crippen LogP contribution in [0.25, 0.3) is 0 Å².